The maximum atomic E-state index is 11.1. The van der Waals surface area contributed by atoms with E-state index in [-0.39, 0.29) is 5.78 Å². The number of allylic oxidation sites excluding steroid dienone is 1. The average Bonchev–Trinajstić information content (AvgIpc) is 2.36. The largest absolute Gasteiger partial charge is 0.460 e. The van der Waals surface area contributed by atoms with Crippen LogP contribution in [0.4, 0.5) is 0 Å². The molecule has 1 aromatic heterocycles. The first-order chi connectivity index (χ1) is 5.25. The third-order valence-corrected chi connectivity index (χ3v) is 1.82. The minimum Gasteiger partial charge on any atom is -0.460 e. The Hall–Kier alpha value is -0.830. The van der Waals surface area contributed by atoms with E-state index >= 15 is 0 Å². The van der Waals surface area contributed by atoms with Gasteiger partial charge >= 0.3 is 0 Å². The van der Waals surface area contributed by atoms with Gasteiger partial charge in [0.15, 0.2) is 5.76 Å². The van der Waals surface area contributed by atoms with Crippen LogP contribution in [0.5, 0.6) is 0 Å². The maximum Gasteiger partial charge on any atom is 0.202 e. The minimum atomic E-state index is -0.0584. The van der Waals surface area contributed by atoms with Crippen molar-refractivity contribution in [2.24, 2.45) is 0 Å². The fourth-order valence-corrected chi connectivity index (χ4v) is 1.14. The van der Waals surface area contributed by atoms with Crippen molar-refractivity contribution in [3.63, 3.8) is 0 Å². The monoisotopic (exact) mass is 214 g/mol. The lowest BCUT2D eigenvalue weighted by Gasteiger charge is -1.90. The van der Waals surface area contributed by atoms with E-state index < -0.39 is 0 Å². The summed E-state index contributed by atoms with van der Waals surface area (Å²) in [5, 5.41) is 0. The van der Waals surface area contributed by atoms with Gasteiger partial charge in [-0.3, -0.25) is 4.79 Å². The average molecular weight is 215 g/mol. The molecule has 11 heavy (non-hydrogen) atoms. The number of carbonyl (C=O) groups is 1. The lowest BCUT2D eigenvalue weighted by atomic mass is 10.2. The Kier molecular flexibility index (Phi) is 2.65. The molecule has 1 aromatic rings. The van der Waals surface area contributed by atoms with Crippen LogP contribution in [-0.4, -0.2) is 5.78 Å². The van der Waals surface area contributed by atoms with E-state index in [4.69, 9.17) is 4.42 Å². The molecule has 3 heteroatoms. The van der Waals surface area contributed by atoms with Gasteiger partial charge in [-0.25, -0.2) is 0 Å². The smallest absolute Gasteiger partial charge is 0.202 e. The van der Waals surface area contributed by atoms with Crippen molar-refractivity contribution < 1.29 is 9.21 Å². The Morgan fingerprint density at radius 1 is 1.82 bits per heavy atom. The molecule has 0 bridgehead atoms. The second-order valence-corrected chi connectivity index (χ2v) is 2.87. The molecule has 0 aliphatic heterocycles. The van der Waals surface area contributed by atoms with Crippen molar-refractivity contribution >= 4 is 21.7 Å². The van der Waals surface area contributed by atoms with Gasteiger partial charge < -0.3 is 4.42 Å². The molecule has 0 radical (unpaired) electrons. The standard InChI is InChI=1S/C8H7BrO2/c1-2-3-7(10)8-6(9)4-5-11-8/h2,4-5H,1,3H2. The van der Waals surface area contributed by atoms with Gasteiger partial charge in [0, 0.05) is 6.42 Å². The van der Waals surface area contributed by atoms with Crippen molar-refractivity contribution in [1.82, 2.24) is 0 Å². The molecule has 1 rings (SSSR count). The first-order valence-electron chi connectivity index (χ1n) is 3.12. The van der Waals surface area contributed by atoms with Gasteiger partial charge in [0.25, 0.3) is 0 Å². The van der Waals surface area contributed by atoms with Crippen molar-refractivity contribution in [3.05, 3.63) is 35.2 Å². The predicted molar refractivity (Wildman–Crippen MR) is 45.6 cm³/mol. The number of rotatable bonds is 3. The van der Waals surface area contributed by atoms with Crippen molar-refractivity contribution in [3.8, 4) is 0 Å². The number of ketones is 1. The molecule has 0 fully saturated rings. The molecule has 0 amide bonds. The highest BCUT2D eigenvalue weighted by molar-refractivity contribution is 9.10. The van der Waals surface area contributed by atoms with Crippen molar-refractivity contribution in [1.29, 1.82) is 0 Å². The maximum absolute atomic E-state index is 11.1. The molecule has 0 unspecified atom stereocenters. The van der Waals surface area contributed by atoms with Crippen LogP contribution < -0.4 is 0 Å². The topological polar surface area (TPSA) is 30.2 Å². The van der Waals surface area contributed by atoms with E-state index in [1.807, 2.05) is 0 Å². The van der Waals surface area contributed by atoms with Gasteiger partial charge in [0.05, 0.1) is 10.7 Å². The number of furan rings is 1. The number of Topliss-reactive ketones (excluding diaryl/α,β-unsaturated/α-hetero) is 1. The van der Waals surface area contributed by atoms with Crippen molar-refractivity contribution in [2.75, 3.05) is 0 Å². The van der Waals surface area contributed by atoms with Crippen molar-refractivity contribution in [2.45, 2.75) is 6.42 Å². The Balaban J connectivity index is 2.83. The van der Waals surface area contributed by atoms with Gasteiger partial charge in [0.2, 0.25) is 5.78 Å². The summed E-state index contributed by atoms with van der Waals surface area (Å²) in [4.78, 5) is 11.1. The predicted octanol–water partition coefficient (Wildman–Crippen LogP) is 2.80. The first kappa shape index (κ1) is 8.27. The fraction of sp³-hybridized carbons (Fsp3) is 0.125. The summed E-state index contributed by atoms with van der Waals surface area (Å²) in [6, 6.07) is 1.69. The minimum absolute atomic E-state index is 0.0584. The van der Waals surface area contributed by atoms with Crippen LogP contribution in [0.2, 0.25) is 0 Å². The third kappa shape index (κ3) is 1.80. The Bertz CT molecular complexity index is 275. The number of halogens is 1. The Morgan fingerprint density at radius 3 is 3.00 bits per heavy atom. The molecular formula is C8H7BrO2. The highest BCUT2D eigenvalue weighted by atomic mass is 79.9. The van der Waals surface area contributed by atoms with Crippen LogP contribution in [0.15, 0.2) is 33.9 Å². The zero-order valence-corrected chi connectivity index (χ0v) is 7.43. The molecule has 0 aliphatic rings. The quantitative estimate of drug-likeness (QED) is 0.573. The summed E-state index contributed by atoms with van der Waals surface area (Å²) in [5.74, 6) is 0.307. The van der Waals surface area contributed by atoms with Gasteiger partial charge in [-0.05, 0) is 22.0 Å². The summed E-state index contributed by atoms with van der Waals surface area (Å²) in [7, 11) is 0. The summed E-state index contributed by atoms with van der Waals surface area (Å²) in [6.45, 7) is 3.46. The highest BCUT2D eigenvalue weighted by Crippen LogP contribution is 2.18. The number of hydrogen-bond donors (Lipinski definition) is 0. The van der Waals surface area contributed by atoms with Gasteiger partial charge in [0.1, 0.15) is 0 Å². The van der Waals surface area contributed by atoms with Gasteiger partial charge in [-0.2, -0.15) is 0 Å². The van der Waals surface area contributed by atoms with Crippen LogP contribution in [-0.2, 0) is 0 Å². The van der Waals surface area contributed by atoms with Crippen LogP contribution in [0, 0.1) is 0 Å². The van der Waals surface area contributed by atoms with E-state index in [0.717, 1.165) is 0 Å². The molecular weight excluding hydrogens is 208 g/mol. The molecule has 1 heterocycles. The van der Waals surface area contributed by atoms with Gasteiger partial charge in [-0.15, -0.1) is 6.58 Å². The second kappa shape index (κ2) is 3.53. The Labute approximate surface area is 73.0 Å². The molecule has 2 nitrogen and oxygen atoms in total. The second-order valence-electron chi connectivity index (χ2n) is 2.01. The molecule has 0 aromatic carbocycles. The molecule has 0 spiro atoms. The highest BCUT2D eigenvalue weighted by Gasteiger charge is 2.10. The molecule has 0 atom stereocenters. The zero-order chi connectivity index (χ0) is 8.27. The van der Waals surface area contributed by atoms with Crippen LogP contribution >= 0.6 is 15.9 Å². The normalized spacial score (nSPS) is 9.55. The summed E-state index contributed by atoms with van der Waals surface area (Å²) < 4.78 is 5.63. The number of hydrogen-bond acceptors (Lipinski definition) is 2. The van der Waals surface area contributed by atoms with Crippen LogP contribution in [0.25, 0.3) is 0 Å². The van der Waals surface area contributed by atoms with Gasteiger partial charge in [-0.1, -0.05) is 6.08 Å². The third-order valence-electron chi connectivity index (χ3n) is 1.20. The first-order valence-corrected chi connectivity index (χ1v) is 3.92. The van der Waals surface area contributed by atoms with Crippen LogP contribution in [0.1, 0.15) is 17.0 Å². The zero-order valence-electron chi connectivity index (χ0n) is 5.84. The lowest BCUT2D eigenvalue weighted by molar-refractivity contribution is 0.0968. The molecule has 0 aliphatic carbocycles. The molecule has 0 N–H and O–H groups in total. The lowest BCUT2D eigenvalue weighted by Crippen LogP contribution is -1.94. The van der Waals surface area contributed by atoms with Crippen LogP contribution in [0.3, 0.4) is 0 Å². The summed E-state index contributed by atoms with van der Waals surface area (Å²) in [5.41, 5.74) is 0. The fourth-order valence-electron chi connectivity index (χ4n) is 0.716. The van der Waals surface area contributed by atoms with E-state index in [9.17, 15) is 4.79 Å². The number of carbonyl (C=O) groups excluding carboxylic acids is 1. The van der Waals surface area contributed by atoms with E-state index in [0.29, 0.717) is 16.7 Å². The summed E-state index contributed by atoms with van der Waals surface area (Å²) in [6.07, 6.45) is 3.34. The SMILES string of the molecule is C=CCC(=O)c1occc1Br. The molecule has 0 saturated heterocycles. The summed E-state index contributed by atoms with van der Waals surface area (Å²) >= 11 is 3.19. The molecule has 0 saturated carbocycles. The van der Waals surface area contributed by atoms with E-state index in [1.165, 1.54) is 6.26 Å². The molecule has 58 valence electrons. The Morgan fingerprint density at radius 2 is 2.55 bits per heavy atom. The van der Waals surface area contributed by atoms with E-state index in [2.05, 4.69) is 22.5 Å². The van der Waals surface area contributed by atoms with E-state index in [1.54, 1.807) is 12.1 Å².